The highest BCUT2D eigenvalue weighted by atomic mass is 15.6. The Kier molecular flexibility index (Phi) is 1.63. The van der Waals surface area contributed by atoms with Gasteiger partial charge in [-0.05, 0) is 18.6 Å². The largest absolute Gasteiger partial charge is 0.275 e. The first-order chi connectivity index (χ1) is 6.93. The van der Waals surface area contributed by atoms with E-state index in [0.717, 1.165) is 31.1 Å². The predicted octanol–water partition coefficient (Wildman–Crippen LogP) is 0.444. The van der Waals surface area contributed by atoms with Gasteiger partial charge in [-0.2, -0.15) is 4.98 Å². The lowest BCUT2D eigenvalue weighted by molar-refractivity contribution is 0.753. The Bertz CT molecular complexity index is 410. The molecule has 1 N–H and O–H groups in total. The third kappa shape index (κ3) is 1.13. The maximum absolute atomic E-state index is 4.41. The Hall–Kier alpha value is -1.62. The van der Waals surface area contributed by atoms with Crippen LogP contribution in [0.1, 0.15) is 6.42 Å². The molecule has 0 radical (unpaired) electrons. The highest BCUT2D eigenvalue weighted by Gasteiger charge is 2.15. The summed E-state index contributed by atoms with van der Waals surface area (Å²) in [6.07, 6.45) is 3.05. The summed E-state index contributed by atoms with van der Waals surface area (Å²) in [7, 11) is 0. The van der Waals surface area contributed by atoms with Crippen LogP contribution in [0.15, 0.2) is 24.4 Å². The zero-order valence-electron chi connectivity index (χ0n) is 7.72. The Morgan fingerprint density at radius 2 is 2.36 bits per heavy atom. The molecule has 3 rings (SSSR count). The van der Waals surface area contributed by atoms with Crippen LogP contribution in [-0.2, 0) is 0 Å². The molecule has 2 aromatic heterocycles. The number of anilines is 1. The second kappa shape index (κ2) is 2.95. The third-order valence-electron chi connectivity index (χ3n) is 2.33. The summed E-state index contributed by atoms with van der Waals surface area (Å²) in [4.78, 5) is 4.41. The fourth-order valence-corrected chi connectivity index (χ4v) is 1.64. The quantitative estimate of drug-likeness (QED) is 0.707. The lowest BCUT2D eigenvalue weighted by Gasteiger charge is -2.11. The molecule has 0 saturated carbocycles. The van der Waals surface area contributed by atoms with E-state index in [4.69, 9.17) is 0 Å². The molecule has 0 atom stereocenters. The van der Waals surface area contributed by atoms with E-state index >= 15 is 0 Å². The van der Waals surface area contributed by atoms with Gasteiger partial charge in [0.1, 0.15) is 0 Å². The van der Waals surface area contributed by atoms with E-state index < -0.39 is 0 Å². The van der Waals surface area contributed by atoms with Gasteiger partial charge < -0.3 is 0 Å². The zero-order chi connectivity index (χ0) is 9.38. The van der Waals surface area contributed by atoms with Gasteiger partial charge >= 0.3 is 0 Å². The van der Waals surface area contributed by atoms with Gasteiger partial charge in [-0.3, -0.25) is 5.01 Å². The summed E-state index contributed by atoms with van der Waals surface area (Å²) in [5.74, 6) is 0.758. The Morgan fingerprint density at radius 3 is 3.14 bits per heavy atom. The van der Waals surface area contributed by atoms with Gasteiger partial charge in [-0.15, -0.1) is 5.10 Å². The maximum atomic E-state index is 4.41. The van der Waals surface area contributed by atoms with Gasteiger partial charge in [-0.1, -0.05) is 6.07 Å². The minimum Gasteiger partial charge on any atom is -0.275 e. The predicted molar refractivity (Wildman–Crippen MR) is 53.0 cm³/mol. The smallest absolute Gasteiger partial charge is 0.260 e. The van der Waals surface area contributed by atoms with Gasteiger partial charge in [0.2, 0.25) is 0 Å². The van der Waals surface area contributed by atoms with Crippen molar-refractivity contribution in [2.45, 2.75) is 6.42 Å². The van der Waals surface area contributed by atoms with Gasteiger partial charge in [-0.25, -0.2) is 9.94 Å². The van der Waals surface area contributed by atoms with Crippen LogP contribution in [0.4, 0.5) is 5.95 Å². The lowest BCUT2D eigenvalue weighted by atomic mass is 10.5. The van der Waals surface area contributed by atoms with Crippen LogP contribution in [0.25, 0.3) is 5.65 Å². The van der Waals surface area contributed by atoms with Crippen molar-refractivity contribution in [1.29, 1.82) is 0 Å². The molecule has 0 aliphatic carbocycles. The monoisotopic (exact) mass is 189 g/mol. The highest BCUT2D eigenvalue weighted by Crippen LogP contribution is 2.10. The second-order valence-electron chi connectivity index (χ2n) is 3.33. The molecule has 0 spiro atoms. The van der Waals surface area contributed by atoms with Crippen molar-refractivity contribution >= 4 is 11.6 Å². The van der Waals surface area contributed by atoms with Gasteiger partial charge in [0.25, 0.3) is 5.95 Å². The molecule has 0 aromatic carbocycles. The van der Waals surface area contributed by atoms with Crippen molar-refractivity contribution in [3.05, 3.63) is 24.4 Å². The molecule has 1 saturated heterocycles. The summed E-state index contributed by atoms with van der Waals surface area (Å²) in [6.45, 7) is 1.99. The molecule has 5 nitrogen and oxygen atoms in total. The number of hydrogen-bond donors (Lipinski definition) is 1. The number of nitrogens with zero attached hydrogens (tertiary/aromatic N) is 4. The van der Waals surface area contributed by atoms with Crippen molar-refractivity contribution in [3.8, 4) is 0 Å². The molecular weight excluding hydrogens is 178 g/mol. The van der Waals surface area contributed by atoms with Crippen molar-refractivity contribution in [2.24, 2.45) is 0 Å². The molecule has 1 fully saturated rings. The normalized spacial score (nSPS) is 16.7. The number of rotatable bonds is 1. The van der Waals surface area contributed by atoms with E-state index in [-0.39, 0.29) is 0 Å². The number of nitrogens with one attached hydrogen (secondary N) is 1. The van der Waals surface area contributed by atoms with Gasteiger partial charge in [0, 0.05) is 19.3 Å². The molecule has 72 valence electrons. The summed E-state index contributed by atoms with van der Waals surface area (Å²) in [6, 6.07) is 5.86. The number of pyridine rings is 1. The minimum atomic E-state index is 0.758. The second-order valence-corrected chi connectivity index (χ2v) is 3.33. The minimum absolute atomic E-state index is 0.758. The van der Waals surface area contributed by atoms with Crippen LogP contribution in [-0.4, -0.2) is 27.7 Å². The molecule has 14 heavy (non-hydrogen) atoms. The van der Waals surface area contributed by atoms with Crippen molar-refractivity contribution in [3.63, 3.8) is 0 Å². The van der Waals surface area contributed by atoms with E-state index in [0.29, 0.717) is 0 Å². The van der Waals surface area contributed by atoms with E-state index in [1.54, 1.807) is 4.52 Å². The molecule has 5 heteroatoms. The fourth-order valence-electron chi connectivity index (χ4n) is 1.64. The molecule has 1 aliphatic rings. The lowest BCUT2D eigenvalue weighted by Crippen LogP contribution is -2.31. The maximum Gasteiger partial charge on any atom is 0.260 e. The van der Waals surface area contributed by atoms with E-state index in [2.05, 4.69) is 15.5 Å². The molecule has 0 amide bonds. The van der Waals surface area contributed by atoms with Crippen LogP contribution >= 0.6 is 0 Å². The van der Waals surface area contributed by atoms with Crippen LogP contribution < -0.4 is 10.4 Å². The first-order valence-electron chi connectivity index (χ1n) is 4.76. The number of fused-ring (bicyclic) bond motifs is 1. The molecule has 1 aliphatic heterocycles. The summed E-state index contributed by atoms with van der Waals surface area (Å²) in [5.41, 5.74) is 4.11. The number of aromatic nitrogens is 3. The van der Waals surface area contributed by atoms with Crippen LogP contribution in [0.5, 0.6) is 0 Å². The molecule has 2 aromatic rings. The van der Waals surface area contributed by atoms with Crippen LogP contribution in [0.2, 0.25) is 0 Å². The van der Waals surface area contributed by atoms with E-state index in [9.17, 15) is 0 Å². The van der Waals surface area contributed by atoms with Crippen LogP contribution in [0.3, 0.4) is 0 Å². The molecular formula is C9H11N5. The SMILES string of the molecule is c1ccn2nc(N3CCCN3)nc2c1. The van der Waals surface area contributed by atoms with Crippen molar-refractivity contribution in [2.75, 3.05) is 18.1 Å². The Labute approximate surface area is 81.3 Å². The van der Waals surface area contributed by atoms with Gasteiger partial charge in [0.15, 0.2) is 5.65 Å². The summed E-state index contributed by atoms with van der Waals surface area (Å²) < 4.78 is 1.79. The molecule has 3 heterocycles. The third-order valence-corrected chi connectivity index (χ3v) is 2.33. The zero-order valence-corrected chi connectivity index (χ0v) is 7.72. The standard InChI is InChI=1S/C9H11N5/c1-2-6-13-8(4-1)11-9(12-13)14-7-3-5-10-14/h1-2,4,6,10H,3,5,7H2. The first-order valence-corrected chi connectivity index (χ1v) is 4.76. The average Bonchev–Trinajstić information content (AvgIpc) is 2.86. The van der Waals surface area contributed by atoms with Crippen LogP contribution in [0, 0.1) is 0 Å². The van der Waals surface area contributed by atoms with Crippen molar-refractivity contribution in [1.82, 2.24) is 20.0 Å². The average molecular weight is 189 g/mol. The Balaban J connectivity index is 2.05. The number of hydrogen-bond acceptors (Lipinski definition) is 4. The highest BCUT2D eigenvalue weighted by molar-refractivity contribution is 5.43. The van der Waals surface area contributed by atoms with E-state index in [1.807, 2.05) is 29.4 Å². The summed E-state index contributed by atoms with van der Waals surface area (Å²) in [5, 5.41) is 6.36. The molecule has 0 bridgehead atoms. The van der Waals surface area contributed by atoms with Gasteiger partial charge in [0.05, 0.1) is 0 Å². The fraction of sp³-hybridized carbons (Fsp3) is 0.333. The summed E-state index contributed by atoms with van der Waals surface area (Å²) >= 11 is 0. The van der Waals surface area contributed by atoms with E-state index in [1.165, 1.54) is 0 Å². The van der Waals surface area contributed by atoms with Crippen molar-refractivity contribution < 1.29 is 0 Å². The number of hydrazine groups is 1. The topological polar surface area (TPSA) is 45.5 Å². The molecule has 0 unspecified atom stereocenters. The first kappa shape index (κ1) is 7.75. The Morgan fingerprint density at radius 1 is 1.36 bits per heavy atom.